The van der Waals surface area contributed by atoms with E-state index >= 15 is 0 Å². The number of nitrogens with zero attached hydrogens (tertiary/aromatic N) is 2. The lowest BCUT2D eigenvalue weighted by atomic mass is 10.2. The highest BCUT2D eigenvalue weighted by atomic mass is 32.2. The summed E-state index contributed by atoms with van der Waals surface area (Å²) in [5, 5.41) is 0. The first-order chi connectivity index (χ1) is 13.3. The quantitative estimate of drug-likeness (QED) is 0.721. The van der Waals surface area contributed by atoms with Gasteiger partial charge < -0.3 is 0 Å². The number of anilines is 1. The van der Waals surface area contributed by atoms with Crippen molar-refractivity contribution in [3.63, 3.8) is 0 Å². The fraction of sp³-hybridized carbons (Fsp3) is 0.300. The van der Waals surface area contributed by atoms with Crippen LogP contribution in [0.2, 0.25) is 0 Å². The minimum absolute atomic E-state index is 0.102. The van der Waals surface area contributed by atoms with Crippen LogP contribution in [0.5, 0.6) is 0 Å². The Labute approximate surface area is 162 Å². The van der Waals surface area contributed by atoms with Crippen molar-refractivity contribution in [2.45, 2.75) is 43.2 Å². The zero-order valence-corrected chi connectivity index (χ0v) is 16.0. The Balaban J connectivity index is 1.69. The number of sulfonamides is 1. The van der Waals surface area contributed by atoms with Gasteiger partial charge in [-0.2, -0.15) is 4.31 Å². The van der Waals surface area contributed by atoms with E-state index in [0.717, 1.165) is 22.6 Å². The fourth-order valence-corrected chi connectivity index (χ4v) is 5.28. The molecule has 6 nitrogen and oxygen atoms in total. The molecule has 8 heteroatoms. The van der Waals surface area contributed by atoms with Crippen LogP contribution in [-0.2, 0) is 19.6 Å². The molecule has 0 bridgehead atoms. The van der Waals surface area contributed by atoms with Crippen LogP contribution in [0.4, 0.5) is 10.1 Å². The summed E-state index contributed by atoms with van der Waals surface area (Å²) in [6, 6.07) is 10.0. The third-order valence-electron chi connectivity index (χ3n) is 5.02. The first-order valence-electron chi connectivity index (χ1n) is 9.01. The fourth-order valence-electron chi connectivity index (χ4n) is 3.46. The van der Waals surface area contributed by atoms with Gasteiger partial charge in [0.2, 0.25) is 15.9 Å². The summed E-state index contributed by atoms with van der Waals surface area (Å²) in [6.45, 7) is 1.86. The molecule has 0 N–H and O–H groups in total. The minimum atomic E-state index is -3.93. The van der Waals surface area contributed by atoms with Crippen LogP contribution >= 0.6 is 0 Å². The second-order valence-electron chi connectivity index (χ2n) is 7.14. The molecule has 1 aliphatic carbocycles. The van der Waals surface area contributed by atoms with Crippen molar-refractivity contribution >= 4 is 27.5 Å². The van der Waals surface area contributed by atoms with Crippen molar-refractivity contribution in [1.82, 2.24) is 4.31 Å². The Hall–Kier alpha value is -2.58. The number of imide groups is 1. The van der Waals surface area contributed by atoms with Crippen LogP contribution in [0.25, 0.3) is 0 Å². The molecule has 28 heavy (non-hydrogen) atoms. The lowest BCUT2D eigenvalue weighted by Gasteiger charge is -2.26. The van der Waals surface area contributed by atoms with Gasteiger partial charge in [0.05, 0.1) is 17.0 Å². The molecule has 0 aromatic heterocycles. The highest BCUT2D eigenvalue weighted by Gasteiger charge is 2.51. The van der Waals surface area contributed by atoms with Gasteiger partial charge in [-0.25, -0.2) is 17.7 Å². The second-order valence-corrected chi connectivity index (χ2v) is 8.99. The average Bonchev–Trinajstić information content (AvgIpc) is 3.43. The molecule has 2 fully saturated rings. The summed E-state index contributed by atoms with van der Waals surface area (Å²) < 4.78 is 40.9. The highest BCUT2D eigenvalue weighted by molar-refractivity contribution is 7.89. The van der Waals surface area contributed by atoms with E-state index in [1.54, 1.807) is 12.1 Å². The number of carbonyl (C=O) groups excluding carboxylic acids is 2. The Kier molecular flexibility index (Phi) is 4.55. The number of benzene rings is 2. The van der Waals surface area contributed by atoms with Gasteiger partial charge in [0.25, 0.3) is 5.91 Å². The van der Waals surface area contributed by atoms with Crippen molar-refractivity contribution in [2.24, 2.45) is 0 Å². The first-order valence-corrected chi connectivity index (χ1v) is 10.5. The highest BCUT2D eigenvalue weighted by Crippen LogP contribution is 2.38. The molecule has 1 unspecified atom stereocenters. The summed E-state index contributed by atoms with van der Waals surface area (Å²) in [5.74, 6) is -1.58. The Bertz CT molecular complexity index is 1030. The maximum Gasteiger partial charge on any atom is 0.252 e. The molecule has 0 spiro atoms. The number of rotatable bonds is 5. The summed E-state index contributed by atoms with van der Waals surface area (Å²) >= 11 is 0. The molecule has 1 saturated carbocycles. The molecule has 1 aliphatic heterocycles. The lowest BCUT2D eigenvalue weighted by Crippen LogP contribution is -2.46. The molecule has 2 aliphatic rings. The number of carbonyl (C=O) groups is 2. The zero-order valence-electron chi connectivity index (χ0n) is 15.2. The molecule has 2 aromatic rings. The predicted molar refractivity (Wildman–Crippen MR) is 101 cm³/mol. The van der Waals surface area contributed by atoms with Gasteiger partial charge in [0, 0.05) is 6.04 Å². The van der Waals surface area contributed by atoms with Gasteiger partial charge >= 0.3 is 0 Å². The van der Waals surface area contributed by atoms with Crippen LogP contribution in [0, 0.1) is 12.7 Å². The zero-order chi connectivity index (χ0) is 20.1. The third kappa shape index (κ3) is 3.22. The van der Waals surface area contributed by atoms with Gasteiger partial charge in [-0.1, -0.05) is 17.7 Å². The van der Waals surface area contributed by atoms with E-state index in [1.165, 1.54) is 28.6 Å². The van der Waals surface area contributed by atoms with Crippen molar-refractivity contribution in [1.29, 1.82) is 0 Å². The van der Waals surface area contributed by atoms with Crippen LogP contribution in [0.15, 0.2) is 53.4 Å². The molecule has 1 saturated heterocycles. The number of aryl methyl sites for hydroxylation is 1. The summed E-state index contributed by atoms with van der Waals surface area (Å²) in [4.78, 5) is 26.6. The Morgan fingerprint density at radius 3 is 2.18 bits per heavy atom. The molecule has 2 amide bonds. The number of halogens is 1. The van der Waals surface area contributed by atoms with E-state index in [2.05, 4.69) is 0 Å². The van der Waals surface area contributed by atoms with E-state index in [0.29, 0.717) is 12.8 Å². The molecule has 0 radical (unpaired) electrons. The molecular formula is C20H19FN2O4S. The largest absolute Gasteiger partial charge is 0.274 e. The summed E-state index contributed by atoms with van der Waals surface area (Å²) in [6.07, 6.45) is 1.08. The van der Waals surface area contributed by atoms with Crippen molar-refractivity contribution < 1.29 is 22.4 Å². The molecule has 1 atom stereocenters. The molecule has 1 heterocycles. The number of hydrogen-bond acceptors (Lipinski definition) is 4. The van der Waals surface area contributed by atoms with E-state index in [9.17, 15) is 22.4 Å². The average molecular weight is 402 g/mol. The molecule has 2 aromatic carbocycles. The van der Waals surface area contributed by atoms with Crippen molar-refractivity contribution in [2.75, 3.05) is 4.90 Å². The summed E-state index contributed by atoms with van der Waals surface area (Å²) in [5.41, 5.74) is 1.16. The molecule has 146 valence electrons. The topological polar surface area (TPSA) is 74.8 Å². The van der Waals surface area contributed by atoms with Gasteiger partial charge in [-0.3, -0.25) is 9.59 Å². The van der Waals surface area contributed by atoms with Crippen LogP contribution in [0.3, 0.4) is 0 Å². The molecular weight excluding hydrogens is 383 g/mol. The Morgan fingerprint density at radius 2 is 1.61 bits per heavy atom. The Morgan fingerprint density at radius 1 is 1.00 bits per heavy atom. The third-order valence-corrected chi connectivity index (χ3v) is 6.99. The van der Waals surface area contributed by atoms with Gasteiger partial charge in [-0.15, -0.1) is 0 Å². The van der Waals surface area contributed by atoms with Crippen LogP contribution in [-0.4, -0.2) is 36.6 Å². The van der Waals surface area contributed by atoms with E-state index < -0.39 is 33.7 Å². The van der Waals surface area contributed by atoms with Crippen LogP contribution in [0.1, 0.15) is 24.8 Å². The molecule has 4 rings (SSSR count). The maximum absolute atomic E-state index is 13.2. The lowest BCUT2D eigenvalue weighted by molar-refractivity contribution is -0.122. The minimum Gasteiger partial charge on any atom is -0.274 e. The van der Waals surface area contributed by atoms with Gasteiger partial charge in [0.1, 0.15) is 11.9 Å². The van der Waals surface area contributed by atoms with E-state index in [4.69, 9.17) is 0 Å². The summed E-state index contributed by atoms with van der Waals surface area (Å²) in [7, 11) is -3.93. The smallest absolute Gasteiger partial charge is 0.252 e. The normalized spacial score (nSPS) is 20.2. The van der Waals surface area contributed by atoms with Crippen molar-refractivity contribution in [3.8, 4) is 0 Å². The van der Waals surface area contributed by atoms with Gasteiger partial charge in [0.15, 0.2) is 0 Å². The van der Waals surface area contributed by atoms with Gasteiger partial charge in [-0.05, 0) is 56.2 Å². The van der Waals surface area contributed by atoms with Crippen molar-refractivity contribution in [3.05, 3.63) is 59.9 Å². The first kappa shape index (κ1) is 18.8. The second kappa shape index (κ2) is 6.79. The van der Waals surface area contributed by atoms with Crippen LogP contribution < -0.4 is 4.90 Å². The SMILES string of the molecule is Cc1ccc(S(=O)(=O)N(C2CC2)C2CC(=O)N(c3ccc(F)cc3)C2=O)cc1. The van der Waals surface area contributed by atoms with E-state index in [1.807, 2.05) is 6.92 Å². The monoisotopic (exact) mass is 402 g/mol. The van der Waals surface area contributed by atoms with E-state index in [-0.39, 0.29) is 23.0 Å². The predicted octanol–water partition coefficient (Wildman–Crippen LogP) is 2.62. The standard InChI is InChI=1S/C20H19FN2O4S/c1-13-2-10-17(11-3-13)28(26,27)23(16-8-9-16)18-12-19(24)22(20(18)25)15-6-4-14(21)5-7-15/h2-7,10-11,16,18H,8-9,12H2,1H3. The number of hydrogen-bond donors (Lipinski definition) is 0. The number of amides is 2. The maximum atomic E-state index is 13.2.